The smallest absolute Gasteiger partial charge is 0.310 e. The zero-order valence-corrected chi connectivity index (χ0v) is 14.3. The van der Waals surface area contributed by atoms with Crippen molar-refractivity contribution in [1.29, 1.82) is 0 Å². The molecule has 1 N–H and O–H groups in total. The predicted molar refractivity (Wildman–Crippen MR) is 88.0 cm³/mol. The molecule has 0 saturated carbocycles. The summed E-state index contributed by atoms with van der Waals surface area (Å²) in [6.45, 7) is 11.0. The van der Waals surface area contributed by atoms with Gasteiger partial charge in [-0.05, 0) is 40.0 Å². The molecule has 1 atom stereocenters. The van der Waals surface area contributed by atoms with Crippen LogP contribution < -0.4 is 5.32 Å². The number of piperidine rings is 1. The van der Waals surface area contributed by atoms with Gasteiger partial charge in [-0.1, -0.05) is 0 Å². The molecule has 1 unspecified atom stereocenters. The molecule has 0 spiro atoms. The standard InChI is InChI=1S/C16H31N3O3/c1-4-17-16(18-10-8-12-21-5-2)19-11-7-9-14(13-19)15(20)22-6-3/h14H,4-13H2,1-3H3,(H,17,18). The number of hydrogen-bond acceptors (Lipinski definition) is 4. The number of likely N-dealkylation sites (tertiary alicyclic amines) is 1. The molecule has 1 heterocycles. The fraction of sp³-hybridized carbons (Fsp3) is 0.875. The van der Waals surface area contributed by atoms with E-state index in [0.717, 1.165) is 58.1 Å². The van der Waals surface area contributed by atoms with E-state index in [-0.39, 0.29) is 11.9 Å². The molecular formula is C16H31N3O3. The molecule has 1 rings (SSSR count). The fourth-order valence-corrected chi connectivity index (χ4v) is 2.54. The van der Waals surface area contributed by atoms with Gasteiger partial charge in [-0.3, -0.25) is 9.79 Å². The van der Waals surface area contributed by atoms with Crippen molar-refractivity contribution in [2.24, 2.45) is 10.9 Å². The van der Waals surface area contributed by atoms with E-state index in [2.05, 4.69) is 22.1 Å². The molecule has 6 nitrogen and oxygen atoms in total. The molecule has 0 bridgehead atoms. The maximum atomic E-state index is 11.9. The molecule has 0 amide bonds. The van der Waals surface area contributed by atoms with Gasteiger partial charge in [-0.15, -0.1) is 0 Å². The third-order valence-electron chi connectivity index (χ3n) is 3.59. The van der Waals surface area contributed by atoms with Gasteiger partial charge in [-0.25, -0.2) is 0 Å². The Morgan fingerprint density at radius 3 is 2.82 bits per heavy atom. The molecule has 0 radical (unpaired) electrons. The van der Waals surface area contributed by atoms with Gasteiger partial charge in [0, 0.05) is 39.4 Å². The van der Waals surface area contributed by atoms with Crippen molar-refractivity contribution in [3.8, 4) is 0 Å². The van der Waals surface area contributed by atoms with Gasteiger partial charge in [0.25, 0.3) is 0 Å². The van der Waals surface area contributed by atoms with Crippen LogP contribution in [0.25, 0.3) is 0 Å². The molecule has 0 aromatic rings. The van der Waals surface area contributed by atoms with Crippen LogP contribution in [0.4, 0.5) is 0 Å². The number of nitrogens with one attached hydrogen (secondary N) is 1. The first-order valence-corrected chi connectivity index (χ1v) is 8.50. The third kappa shape index (κ3) is 6.64. The molecule has 0 aliphatic carbocycles. The monoisotopic (exact) mass is 313 g/mol. The average Bonchev–Trinajstić information content (AvgIpc) is 2.54. The summed E-state index contributed by atoms with van der Waals surface area (Å²) in [7, 11) is 0. The van der Waals surface area contributed by atoms with Crippen molar-refractivity contribution in [3.63, 3.8) is 0 Å². The maximum Gasteiger partial charge on any atom is 0.310 e. The molecule has 0 aromatic carbocycles. The average molecular weight is 313 g/mol. The molecule has 6 heteroatoms. The second-order valence-corrected chi connectivity index (χ2v) is 5.32. The minimum absolute atomic E-state index is 0.0408. The van der Waals surface area contributed by atoms with Gasteiger partial charge in [0.05, 0.1) is 12.5 Å². The lowest BCUT2D eigenvalue weighted by Gasteiger charge is -2.34. The Kier molecular flexibility index (Phi) is 9.62. The third-order valence-corrected chi connectivity index (χ3v) is 3.59. The predicted octanol–water partition coefficient (Wildman–Crippen LogP) is 1.65. The Morgan fingerprint density at radius 1 is 1.32 bits per heavy atom. The Bertz CT molecular complexity index is 348. The highest BCUT2D eigenvalue weighted by Gasteiger charge is 2.28. The van der Waals surface area contributed by atoms with Crippen LogP contribution in [0.15, 0.2) is 4.99 Å². The SMILES string of the molecule is CCNC(=NCCCOCC)N1CCCC(C(=O)OCC)C1. The Morgan fingerprint density at radius 2 is 2.14 bits per heavy atom. The van der Waals surface area contributed by atoms with E-state index in [9.17, 15) is 4.79 Å². The van der Waals surface area contributed by atoms with Crippen LogP contribution in [0, 0.1) is 5.92 Å². The first-order valence-electron chi connectivity index (χ1n) is 8.50. The van der Waals surface area contributed by atoms with Crippen LogP contribution in [-0.2, 0) is 14.3 Å². The van der Waals surface area contributed by atoms with E-state index < -0.39 is 0 Å². The number of esters is 1. The number of carbonyl (C=O) groups excluding carboxylic acids is 1. The van der Waals surface area contributed by atoms with Gasteiger partial charge in [-0.2, -0.15) is 0 Å². The van der Waals surface area contributed by atoms with E-state index in [1.807, 2.05) is 13.8 Å². The zero-order valence-electron chi connectivity index (χ0n) is 14.3. The second kappa shape index (κ2) is 11.3. The van der Waals surface area contributed by atoms with E-state index in [0.29, 0.717) is 13.2 Å². The van der Waals surface area contributed by atoms with E-state index in [1.54, 1.807) is 0 Å². The van der Waals surface area contributed by atoms with Gasteiger partial charge in [0.2, 0.25) is 0 Å². The number of guanidine groups is 1. The van der Waals surface area contributed by atoms with Gasteiger partial charge < -0.3 is 19.7 Å². The summed E-state index contributed by atoms with van der Waals surface area (Å²) in [6, 6.07) is 0. The van der Waals surface area contributed by atoms with Crippen molar-refractivity contribution in [2.45, 2.75) is 40.0 Å². The molecule has 22 heavy (non-hydrogen) atoms. The van der Waals surface area contributed by atoms with Crippen molar-refractivity contribution >= 4 is 11.9 Å². The van der Waals surface area contributed by atoms with Crippen LogP contribution in [0.2, 0.25) is 0 Å². The minimum atomic E-state index is -0.0839. The first-order chi connectivity index (χ1) is 10.7. The Balaban J connectivity index is 2.54. The summed E-state index contributed by atoms with van der Waals surface area (Å²) in [5, 5.41) is 3.32. The highest BCUT2D eigenvalue weighted by Crippen LogP contribution is 2.18. The number of hydrogen-bond donors (Lipinski definition) is 1. The molecule has 1 saturated heterocycles. The largest absolute Gasteiger partial charge is 0.466 e. The van der Waals surface area contributed by atoms with Crippen LogP contribution in [-0.4, -0.2) is 62.8 Å². The second-order valence-electron chi connectivity index (χ2n) is 5.32. The van der Waals surface area contributed by atoms with Crippen LogP contribution in [0.1, 0.15) is 40.0 Å². The Labute approximate surface area is 134 Å². The summed E-state index contributed by atoms with van der Waals surface area (Å²) in [5.74, 6) is 0.772. The quantitative estimate of drug-likeness (QED) is 0.319. The summed E-state index contributed by atoms with van der Waals surface area (Å²) >= 11 is 0. The molecule has 0 aromatic heterocycles. The molecular weight excluding hydrogens is 282 g/mol. The van der Waals surface area contributed by atoms with E-state index >= 15 is 0 Å². The zero-order chi connectivity index (χ0) is 16.2. The highest BCUT2D eigenvalue weighted by molar-refractivity contribution is 5.81. The van der Waals surface area contributed by atoms with Crippen LogP contribution >= 0.6 is 0 Å². The number of rotatable bonds is 8. The maximum absolute atomic E-state index is 11.9. The topological polar surface area (TPSA) is 63.2 Å². The first kappa shape index (κ1) is 18.7. The molecule has 128 valence electrons. The molecule has 1 aliphatic heterocycles. The van der Waals surface area contributed by atoms with Crippen molar-refractivity contribution in [1.82, 2.24) is 10.2 Å². The lowest BCUT2D eigenvalue weighted by atomic mass is 9.98. The fourth-order valence-electron chi connectivity index (χ4n) is 2.54. The van der Waals surface area contributed by atoms with Crippen molar-refractivity contribution < 1.29 is 14.3 Å². The van der Waals surface area contributed by atoms with Crippen LogP contribution in [0.5, 0.6) is 0 Å². The van der Waals surface area contributed by atoms with Gasteiger partial charge in [0.15, 0.2) is 5.96 Å². The minimum Gasteiger partial charge on any atom is -0.466 e. The summed E-state index contributed by atoms with van der Waals surface area (Å²) < 4.78 is 10.5. The normalized spacial score (nSPS) is 19.1. The summed E-state index contributed by atoms with van der Waals surface area (Å²) in [6.07, 6.45) is 2.81. The summed E-state index contributed by atoms with van der Waals surface area (Å²) in [5.41, 5.74) is 0. The number of nitrogens with zero attached hydrogens (tertiary/aromatic N) is 2. The van der Waals surface area contributed by atoms with Crippen molar-refractivity contribution in [3.05, 3.63) is 0 Å². The highest BCUT2D eigenvalue weighted by atomic mass is 16.5. The number of ether oxygens (including phenoxy) is 2. The van der Waals surface area contributed by atoms with E-state index in [1.165, 1.54) is 0 Å². The lowest BCUT2D eigenvalue weighted by molar-refractivity contribution is -0.149. The number of carbonyl (C=O) groups is 1. The lowest BCUT2D eigenvalue weighted by Crippen LogP contribution is -2.48. The summed E-state index contributed by atoms with van der Waals surface area (Å²) in [4.78, 5) is 18.8. The number of aliphatic imine (C=N–C) groups is 1. The van der Waals surface area contributed by atoms with Gasteiger partial charge >= 0.3 is 5.97 Å². The van der Waals surface area contributed by atoms with Crippen molar-refractivity contribution in [2.75, 3.05) is 46.0 Å². The molecule has 1 fully saturated rings. The van der Waals surface area contributed by atoms with Crippen LogP contribution in [0.3, 0.4) is 0 Å². The van der Waals surface area contributed by atoms with E-state index in [4.69, 9.17) is 9.47 Å². The molecule has 1 aliphatic rings. The Hall–Kier alpha value is -1.30. The van der Waals surface area contributed by atoms with Gasteiger partial charge in [0.1, 0.15) is 0 Å².